The number of fused-ring (bicyclic) bond motifs is 2. The third-order valence-corrected chi connectivity index (χ3v) is 5.38. The lowest BCUT2D eigenvalue weighted by molar-refractivity contribution is 0.189. The summed E-state index contributed by atoms with van der Waals surface area (Å²) in [5.74, 6) is 0. The van der Waals surface area contributed by atoms with E-state index in [9.17, 15) is 5.21 Å². The third kappa shape index (κ3) is 2.66. The van der Waals surface area contributed by atoms with Gasteiger partial charge in [0.2, 0.25) is 4.80 Å². The maximum atomic E-state index is 9.94. The molecule has 1 aromatic carbocycles. The summed E-state index contributed by atoms with van der Waals surface area (Å²) >= 11 is 1.32. The van der Waals surface area contributed by atoms with Crippen LogP contribution in [0.3, 0.4) is 0 Å². The normalized spacial score (nSPS) is 15.7. The largest absolute Gasteiger partial charge is 0.426 e. The number of aromatic nitrogens is 3. The van der Waals surface area contributed by atoms with Crippen molar-refractivity contribution in [3.8, 4) is 0 Å². The molecule has 3 aromatic rings. The molecule has 0 fully saturated rings. The van der Waals surface area contributed by atoms with Crippen molar-refractivity contribution < 1.29 is 5.21 Å². The summed E-state index contributed by atoms with van der Waals surface area (Å²) < 4.78 is 3.81. The van der Waals surface area contributed by atoms with Gasteiger partial charge in [-0.25, -0.2) is 0 Å². The monoisotopic (exact) mass is 329 g/mol. The molecule has 0 radical (unpaired) electrons. The maximum Gasteiger partial charge on any atom is 0.217 e. The second-order valence-corrected chi connectivity index (χ2v) is 7.14. The van der Waals surface area contributed by atoms with Crippen molar-refractivity contribution in [1.29, 1.82) is 5.41 Å². The molecule has 2 aromatic heterocycles. The zero-order valence-corrected chi connectivity index (χ0v) is 13.8. The van der Waals surface area contributed by atoms with E-state index in [1.165, 1.54) is 28.0 Å². The molecule has 23 heavy (non-hydrogen) atoms. The molecule has 0 saturated carbocycles. The molecule has 0 saturated heterocycles. The second-order valence-electron chi connectivity index (χ2n) is 6.11. The Morgan fingerprint density at radius 1 is 1.26 bits per heavy atom. The van der Waals surface area contributed by atoms with Crippen LogP contribution < -0.4 is 4.80 Å². The molecule has 1 aliphatic rings. The lowest BCUT2D eigenvalue weighted by atomic mass is 10.0. The number of aryl methyl sites for hydroxylation is 1. The van der Waals surface area contributed by atoms with Crippen molar-refractivity contribution in [2.45, 2.75) is 19.4 Å². The van der Waals surface area contributed by atoms with Crippen LogP contribution in [-0.2, 0) is 26.4 Å². The van der Waals surface area contributed by atoms with Gasteiger partial charge in [-0.2, -0.15) is 9.83 Å². The maximum absolute atomic E-state index is 9.94. The third-order valence-electron chi connectivity index (χ3n) is 4.47. The Bertz CT molecular complexity index is 922. The van der Waals surface area contributed by atoms with Crippen LogP contribution in [0.2, 0.25) is 0 Å². The molecule has 4 rings (SSSR count). The predicted molar refractivity (Wildman–Crippen MR) is 88.7 cm³/mol. The number of hydrogen-bond donors (Lipinski definition) is 2. The number of hydrogen-bond acceptors (Lipinski definition) is 5. The zero-order chi connectivity index (χ0) is 16.0. The lowest BCUT2D eigenvalue weighted by Gasteiger charge is -2.18. The number of benzene rings is 1. The smallest absolute Gasteiger partial charge is 0.217 e. The number of thiazole rings is 1. The Kier molecular flexibility index (Phi) is 3.46. The summed E-state index contributed by atoms with van der Waals surface area (Å²) in [6.07, 6.45) is 5.97. The van der Waals surface area contributed by atoms with Crippen LogP contribution in [0.15, 0.2) is 24.5 Å². The second kappa shape index (κ2) is 5.50. The molecule has 0 amide bonds. The van der Waals surface area contributed by atoms with Crippen LogP contribution in [0.1, 0.15) is 16.7 Å². The Hall–Kier alpha value is -2.12. The van der Waals surface area contributed by atoms with Crippen LogP contribution in [0, 0.1) is 5.41 Å². The molecular formula is C16H19N5OS. The van der Waals surface area contributed by atoms with Gasteiger partial charge in [-0.05, 0) is 36.1 Å². The fourth-order valence-corrected chi connectivity index (χ4v) is 4.11. The van der Waals surface area contributed by atoms with Gasteiger partial charge in [0, 0.05) is 38.4 Å². The Balaban J connectivity index is 1.58. The quantitative estimate of drug-likeness (QED) is 0.704. The summed E-state index contributed by atoms with van der Waals surface area (Å²) in [6.45, 7) is 2.94. The van der Waals surface area contributed by atoms with Gasteiger partial charge >= 0.3 is 0 Å². The van der Waals surface area contributed by atoms with E-state index in [-0.39, 0.29) is 4.80 Å². The molecule has 120 valence electrons. The molecule has 0 spiro atoms. The highest BCUT2D eigenvalue weighted by atomic mass is 32.1. The Labute approximate surface area is 137 Å². The van der Waals surface area contributed by atoms with Gasteiger partial charge in [0.15, 0.2) is 0 Å². The van der Waals surface area contributed by atoms with Crippen molar-refractivity contribution in [1.82, 2.24) is 19.4 Å². The molecule has 0 aliphatic carbocycles. The van der Waals surface area contributed by atoms with Gasteiger partial charge in [0.1, 0.15) is 5.52 Å². The van der Waals surface area contributed by atoms with E-state index < -0.39 is 0 Å². The van der Waals surface area contributed by atoms with Crippen molar-refractivity contribution in [2.75, 3.05) is 13.1 Å². The highest BCUT2D eigenvalue weighted by Crippen LogP contribution is 2.25. The van der Waals surface area contributed by atoms with E-state index >= 15 is 0 Å². The first-order valence-electron chi connectivity index (χ1n) is 7.71. The minimum absolute atomic E-state index is 0.179. The highest BCUT2D eigenvalue weighted by Gasteiger charge is 2.17. The molecule has 0 atom stereocenters. The van der Waals surface area contributed by atoms with Crippen molar-refractivity contribution in [3.05, 3.63) is 46.0 Å². The first kappa shape index (κ1) is 14.5. The van der Waals surface area contributed by atoms with Gasteiger partial charge in [0.05, 0.1) is 10.9 Å². The fraction of sp³-hybridized carbons (Fsp3) is 0.375. The number of nitrogens with zero attached hydrogens (tertiary/aromatic N) is 4. The van der Waals surface area contributed by atoms with Gasteiger partial charge in [-0.15, -0.1) is 0 Å². The molecule has 0 unspecified atom stereocenters. The van der Waals surface area contributed by atoms with Crippen LogP contribution >= 0.6 is 11.3 Å². The summed E-state index contributed by atoms with van der Waals surface area (Å²) in [4.78, 5) is 2.63. The molecule has 6 nitrogen and oxygen atoms in total. The van der Waals surface area contributed by atoms with Gasteiger partial charge in [-0.1, -0.05) is 11.3 Å². The summed E-state index contributed by atoms with van der Waals surface area (Å²) in [5, 5.41) is 21.9. The van der Waals surface area contributed by atoms with Crippen molar-refractivity contribution >= 4 is 21.6 Å². The predicted octanol–water partition coefficient (Wildman–Crippen LogP) is 1.75. The number of nitrogens with one attached hydrogen (secondary N) is 1. The van der Waals surface area contributed by atoms with Crippen LogP contribution in [0.25, 0.3) is 10.2 Å². The zero-order valence-electron chi connectivity index (χ0n) is 13.0. The minimum atomic E-state index is 0.179. The van der Waals surface area contributed by atoms with Gasteiger partial charge < -0.3 is 5.21 Å². The molecular weight excluding hydrogens is 310 g/mol. The average Bonchev–Trinajstić information content (AvgIpc) is 2.98. The molecule has 2 N–H and O–H groups in total. The van der Waals surface area contributed by atoms with Gasteiger partial charge in [0.25, 0.3) is 0 Å². The number of rotatable bonds is 2. The van der Waals surface area contributed by atoms with E-state index in [1.807, 2.05) is 24.0 Å². The first-order valence-corrected chi connectivity index (χ1v) is 8.53. The average molecular weight is 329 g/mol. The molecule has 1 aliphatic heterocycles. The summed E-state index contributed by atoms with van der Waals surface area (Å²) in [5.41, 5.74) is 4.62. The lowest BCUT2D eigenvalue weighted by Crippen LogP contribution is -2.25. The Morgan fingerprint density at radius 3 is 2.70 bits per heavy atom. The first-order chi connectivity index (χ1) is 11.1. The van der Waals surface area contributed by atoms with E-state index in [0.29, 0.717) is 0 Å². The van der Waals surface area contributed by atoms with Crippen LogP contribution in [0.5, 0.6) is 0 Å². The van der Waals surface area contributed by atoms with E-state index in [4.69, 9.17) is 5.41 Å². The van der Waals surface area contributed by atoms with Crippen molar-refractivity contribution in [3.63, 3.8) is 0 Å². The topological polar surface area (TPSA) is 70.1 Å². The summed E-state index contributed by atoms with van der Waals surface area (Å²) in [7, 11) is 1.94. The van der Waals surface area contributed by atoms with E-state index in [0.717, 1.165) is 47.4 Å². The van der Waals surface area contributed by atoms with Crippen LogP contribution in [0.4, 0.5) is 0 Å². The molecule has 3 heterocycles. The minimum Gasteiger partial charge on any atom is -0.426 e. The fourth-order valence-electron chi connectivity index (χ4n) is 3.26. The van der Waals surface area contributed by atoms with Crippen molar-refractivity contribution in [2.24, 2.45) is 7.05 Å². The standard InChI is InChI=1S/C16H19N5OS/c1-19-9-11(8-18-19)10-20-4-2-12-6-14-15(7-13(12)3-5-20)23-16(17)21(14)22/h6-9,17,22H,2-5,10H2,1H3. The molecule has 7 heteroatoms. The van der Waals surface area contributed by atoms with Crippen LogP contribution in [-0.4, -0.2) is 37.7 Å². The van der Waals surface area contributed by atoms with E-state index in [2.05, 4.69) is 22.3 Å². The van der Waals surface area contributed by atoms with Gasteiger partial charge in [-0.3, -0.25) is 15.0 Å². The SMILES string of the molecule is Cn1cc(CN2CCc3cc4sc(=N)n(O)c4cc3CC2)cn1. The molecule has 0 bridgehead atoms. The Morgan fingerprint density at radius 2 is 2.00 bits per heavy atom. The summed E-state index contributed by atoms with van der Waals surface area (Å²) in [6, 6.07) is 4.19. The van der Waals surface area contributed by atoms with E-state index in [1.54, 1.807) is 0 Å². The highest BCUT2D eigenvalue weighted by molar-refractivity contribution is 7.16.